The molecule has 6 aliphatic rings. The molecule has 32 heavy (non-hydrogen) atoms. The van der Waals surface area contributed by atoms with Crippen LogP contribution in [0.5, 0.6) is 5.75 Å². The topological polar surface area (TPSA) is 58.6 Å². The van der Waals surface area contributed by atoms with Crippen molar-refractivity contribution in [3.63, 3.8) is 0 Å². The predicted octanol–water partition coefficient (Wildman–Crippen LogP) is 5.19. The molecule has 5 heteroatoms. The zero-order valence-electron chi connectivity index (χ0n) is 18.5. The summed E-state index contributed by atoms with van der Waals surface area (Å²) in [4.78, 5) is 12.8. The van der Waals surface area contributed by atoms with E-state index in [1.807, 2.05) is 36.4 Å². The number of carbonyl (C=O) groups is 1. The molecule has 2 aromatic rings. The van der Waals surface area contributed by atoms with Gasteiger partial charge in [0.25, 0.3) is 0 Å². The van der Waals surface area contributed by atoms with Crippen molar-refractivity contribution in [1.29, 1.82) is 0 Å². The summed E-state index contributed by atoms with van der Waals surface area (Å²) < 4.78 is 11.8. The second-order valence-corrected chi connectivity index (χ2v) is 11.2. The first kappa shape index (κ1) is 19.4. The molecule has 0 amide bonds. The van der Waals surface area contributed by atoms with Gasteiger partial charge in [0.2, 0.25) is 0 Å². The van der Waals surface area contributed by atoms with E-state index in [9.17, 15) is 10.0 Å². The third-order valence-electron chi connectivity index (χ3n) is 9.65. The molecule has 168 valence electrons. The Bertz CT molecular complexity index is 1090. The number of ether oxygens (including phenoxy) is 2. The molecule has 1 heterocycles. The number of hydroxylamine groups is 2. The molecule has 0 aromatic heterocycles. The van der Waals surface area contributed by atoms with E-state index in [2.05, 4.69) is 0 Å². The van der Waals surface area contributed by atoms with Gasteiger partial charge >= 0.3 is 5.97 Å². The van der Waals surface area contributed by atoms with Gasteiger partial charge in [-0.1, -0.05) is 18.2 Å². The van der Waals surface area contributed by atoms with Gasteiger partial charge in [-0.2, -0.15) is 0 Å². The van der Waals surface area contributed by atoms with Crippen molar-refractivity contribution in [1.82, 2.24) is 4.65 Å². The van der Waals surface area contributed by atoms with E-state index in [-0.39, 0.29) is 23.3 Å². The highest BCUT2D eigenvalue weighted by molar-refractivity contribution is 5.97. The van der Waals surface area contributed by atoms with Crippen LogP contribution in [0, 0.1) is 34.3 Å². The average molecular weight is 434 g/mol. The molecule has 5 nitrogen and oxygen atoms in total. The lowest BCUT2D eigenvalue weighted by Gasteiger charge is -2.61. The predicted molar refractivity (Wildman–Crippen MR) is 123 cm³/mol. The van der Waals surface area contributed by atoms with E-state index in [0.29, 0.717) is 36.1 Å². The Hall–Kier alpha value is -2.11. The summed E-state index contributed by atoms with van der Waals surface area (Å²) in [6, 6.07) is 11.6. The summed E-state index contributed by atoms with van der Waals surface area (Å²) in [5.41, 5.74) is 1.43. The van der Waals surface area contributed by atoms with Crippen molar-refractivity contribution in [2.24, 2.45) is 29.1 Å². The van der Waals surface area contributed by atoms with E-state index in [0.717, 1.165) is 41.1 Å². The van der Waals surface area contributed by atoms with E-state index >= 15 is 0 Å². The van der Waals surface area contributed by atoms with Crippen LogP contribution in [0.1, 0.15) is 44.9 Å². The average Bonchev–Trinajstić information content (AvgIpc) is 3.32. The molecular weight excluding hydrogens is 402 g/mol. The zero-order chi connectivity index (χ0) is 21.5. The molecule has 0 radical (unpaired) electrons. The van der Waals surface area contributed by atoms with Crippen LogP contribution < -0.4 is 9.38 Å². The Labute approximate surface area is 188 Å². The minimum absolute atomic E-state index is 0.0747. The number of carbonyl (C=O) groups excluding carboxylic acids is 1. The van der Waals surface area contributed by atoms with Gasteiger partial charge in [0.1, 0.15) is 17.5 Å². The summed E-state index contributed by atoms with van der Waals surface area (Å²) in [6.45, 7) is 1.18. The van der Waals surface area contributed by atoms with Crippen molar-refractivity contribution in [2.75, 3.05) is 19.7 Å². The summed E-state index contributed by atoms with van der Waals surface area (Å²) in [5.74, 6) is 3.33. The highest BCUT2D eigenvalue weighted by Gasteiger charge is 2.68. The first-order chi connectivity index (χ1) is 15.5. The molecular formula is C27H31NO4. The Balaban J connectivity index is 1.07. The van der Waals surface area contributed by atoms with Crippen molar-refractivity contribution in [2.45, 2.75) is 51.0 Å². The minimum atomic E-state index is -0.267. The summed E-state index contributed by atoms with van der Waals surface area (Å²) in [5, 5.41) is 15.1. The number of rotatable bonds is 5. The van der Waals surface area contributed by atoms with Crippen LogP contribution in [0.25, 0.3) is 10.8 Å². The van der Waals surface area contributed by atoms with Crippen molar-refractivity contribution in [3.05, 3.63) is 41.6 Å². The molecule has 2 aromatic carbocycles. The van der Waals surface area contributed by atoms with Gasteiger partial charge in [-0.3, -0.25) is 0 Å². The number of quaternary nitrogens is 1. The number of hydrogen-bond acceptors (Lipinski definition) is 4. The Morgan fingerprint density at radius 2 is 1.69 bits per heavy atom. The third-order valence-corrected chi connectivity index (χ3v) is 9.65. The molecule has 1 saturated heterocycles. The molecule has 0 N–H and O–H groups in total. The van der Waals surface area contributed by atoms with Crippen LogP contribution in [-0.4, -0.2) is 31.8 Å². The van der Waals surface area contributed by atoms with Crippen LogP contribution in [0.3, 0.4) is 0 Å². The van der Waals surface area contributed by atoms with E-state index in [1.165, 1.54) is 32.1 Å². The second-order valence-electron chi connectivity index (χ2n) is 11.2. The SMILES string of the molecule is O=C(COc1ccc([N+]2([O-])CCCC2)c2ccccc12)OC1C2CC3CC4(C2)CC1CC34. The second kappa shape index (κ2) is 6.71. The Morgan fingerprint density at radius 3 is 2.50 bits per heavy atom. The van der Waals surface area contributed by atoms with Crippen LogP contribution >= 0.6 is 0 Å². The minimum Gasteiger partial charge on any atom is -0.627 e. The molecule has 5 aliphatic carbocycles. The number of hydrogen-bond donors (Lipinski definition) is 0. The highest BCUT2D eigenvalue weighted by Crippen LogP contribution is 2.74. The van der Waals surface area contributed by atoms with E-state index in [4.69, 9.17) is 9.47 Å². The van der Waals surface area contributed by atoms with Gasteiger partial charge in [-0.15, -0.1) is 0 Å². The fraction of sp³-hybridized carbons (Fsp3) is 0.593. The lowest BCUT2D eigenvalue weighted by Crippen LogP contribution is -2.55. The van der Waals surface area contributed by atoms with Gasteiger partial charge < -0.3 is 19.3 Å². The maximum absolute atomic E-state index is 13.3. The van der Waals surface area contributed by atoms with Crippen LogP contribution in [0.2, 0.25) is 0 Å². The zero-order valence-corrected chi connectivity index (χ0v) is 18.5. The molecule has 8 rings (SSSR count). The standard InChI is InChI=1S/C27H31NO4/c29-25(32-26-18-11-17-13-27(14-18)15-19(26)12-22(17)27)16-31-24-8-7-23(28(30)9-3-4-10-28)20-5-1-2-6-21(20)24/h1-2,5-8,17-19,22,26H,3-4,9-16H2. The largest absolute Gasteiger partial charge is 0.627 e. The first-order valence-electron chi connectivity index (χ1n) is 12.5. The molecule has 6 atom stereocenters. The van der Waals surface area contributed by atoms with Crippen molar-refractivity contribution >= 4 is 22.4 Å². The van der Waals surface area contributed by atoms with Crippen molar-refractivity contribution in [3.8, 4) is 5.75 Å². The first-order valence-corrected chi connectivity index (χ1v) is 12.5. The Kier molecular flexibility index (Phi) is 4.06. The van der Waals surface area contributed by atoms with Gasteiger partial charge in [0, 0.05) is 29.7 Å². The fourth-order valence-corrected chi connectivity index (χ4v) is 8.55. The quantitative estimate of drug-likeness (QED) is 0.370. The summed E-state index contributed by atoms with van der Waals surface area (Å²) >= 11 is 0. The van der Waals surface area contributed by atoms with Crippen molar-refractivity contribution < 1.29 is 14.3 Å². The summed E-state index contributed by atoms with van der Waals surface area (Å²) in [6.07, 6.45) is 8.51. The number of benzene rings is 2. The number of esters is 1. The van der Waals surface area contributed by atoms with Gasteiger partial charge in [-0.05, 0) is 73.3 Å². The van der Waals surface area contributed by atoms with Gasteiger partial charge in [0.15, 0.2) is 6.61 Å². The number of fused-ring (bicyclic) bond motifs is 2. The van der Waals surface area contributed by atoms with Gasteiger partial charge in [-0.25, -0.2) is 4.79 Å². The fourth-order valence-electron chi connectivity index (χ4n) is 8.55. The Morgan fingerprint density at radius 1 is 0.969 bits per heavy atom. The van der Waals surface area contributed by atoms with Crippen LogP contribution in [0.4, 0.5) is 5.69 Å². The van der Waals surface area contributed by atoms with E-state index < -0.39 is 0 Å². The van der Waals surface area contributed by atoms with Crippen LogP contribution in [-0.2, 0) is 9.53 Å². The lowest BCUT2D eigenvalue weighted by molar-refractivity contribution is -0.175. The molecule has 1 spiro atoms. The molecule has 6 fully saturated rings. The maximum atomic E-state index is 13.3. The maximum Gasteiger partial charge on any atom is 0.344 e. The smallest absolute Gasteiger partial charge is 0.344 e. The highest BCUT2D eigenvalue weighted by atomic mass is 16.6. The monoisotopic (exact) mass is 433 g/mol. The molecule has 4 bridgehead atoms. The number of nitrogens with zero attached hydrogens (tertiary/aromatic N) is 1. The van der Waals surface area contributed by atoms with E-state index in [1.54, 1.807) is 0 Å². The molecule has 5 saturated carbocycles. The molecule has 6 unspecified atom stereocenters. The lowest BCUT2D eigenvalue weighted by atomic mass is 9.45. The van der Waals surface area contributed by atoms with Crippen LogP contribution in [0.15, 0.2) is 36.4 Å². The van der Waals surface area contributed by atoms with Gasteiger partial charge in [0.05, 0.1) is 13.1 Å². The molecule has 1 aliphatic heterocycles. The third kappa shape index (κ3) is 2.67. The normalized spacial score (nSPS) is 38.0. The summed E-state index contributed by atoms with van der Waals surface area (Å²) in [7, 11) is 0.